The molecule has 2 aromatic rings. The Labute approximate surface area is 124 Å². The zero-order chi connectivity index (χ0) is 14.8. The molecule has 0 amide bonds. The number of aromatic nitrogens is 2. The Morgan fingerprint density at radius 1 is 1.29 bits per heavy atom. The van der Waals surface area contributed by atoms with Crippen LogP contribution < -0.4 is 10.5 Å². The number of fused-ring (bicyclic) bond motifs is 1. The molecule has 1 saturated heterocycles. The van der Waals surface area contributed by atoms with Crippen LogP contribution in [0, 0.1) is 6.92 Å². The van der Waals surface area contributed by atoms with Crippen LogP contribution in [-0.4, -0.2) is 35.7 Å². The predicted molar refractivity (Wildman–Crippen MR) is 83.2 cm³/mol. The molecule has 5 heteroatoms. The van der Waals surface area contributed by atoms with E-state index in [4.69, 9.17) is 9.72 Å². The largest absolute Gasteiger partial charge is 0.378 e. The lowest BCUT2D eigenvalue weighted by atomic mass is 10.1. The molecule has 3 rings (SSSR count). The molecule has 0 bridgehead atoms. The molecule has 112 valence electrons. The first-order valence-corrected chi connectivity index (χ1v) is 7.54. The molecule has 0 N–H and O–H groups in total. The number of morpholine rings is 1. The second-order valence-electron chi connectivity index (χ2n) is 5.54. The number of hydrogen-bond donors (Lipinski definition) is 0. The zero-order valence-corrected chi connectivity index (χ0v) is 12.6. The molecule has 0 aliphatic carbocycles. The molecule has 1 fully saturated rings. The number of rotatable bonds is 3. The third kappa shape index (κ3) is 2.78. The van der Waals surface area contributed by atoms with E-state index >= 15 is 0 Å². The van der Waals surface area contributed by atoms with Crippen LogP contribution >= 0.6 is 0 Å². The average molecular weight is 287 g/mol. The van der Waals surface area contributed by atoms with E-state index in [1.54, 1.807) is 10.5 Å². The second-order valence-corrected chi connectivity index (χ2v) is 5.54. The first kappa shape index (κ1) is 14.1. The van der Waals surface area contributed by atoms with Crippen molar-refractivity contribution in [1.82, 2.24) is 9.38 Å². The first-order valence-electron chi connectivity index (χ1n) is 7.54. The molecule has 0 unspecified atom stereocenters. The summed E-state index contributed by atoms with van der Waals surface area (Å²) in [5, 5.41) is 0. The summed E-state index contributed by atoms with van der Waals surface area (Å²) < 4.78 is 7.04. The fourth-order valence-corrected chi connectivity index (χ4v) is 2.82. The number of hydrogen-bond acceptors (Lipinski definition) is 4. The van der Waals surface area contributed by atoms with Gasteiger partial charge in [-0.15, -0.1) is 0 Å². The zero-order valence-electron chi connectivity index (χ0n) is 12.6. The minimum Gasteiger partial charge on any atom is -0.378 e. The first-order chi connectivity index (χ1) is 10.2. The van der Waals surface area contributed by atoms with Gasteiger partial charge in [0.1, 0.15) is 11.5 Å². The highest BCUT2D eigenvalue weighted by molar-refractivity contribution is 5.54. The normalized spacial score (nSPS) is 15.6. The molecule has 0 aromatic carbocycles. The van der Waals surface area contributed by atoms with Crippen LogP contribution in [0.1, 0.15) is 24.5 Å². The van der Waals surface area contributed by atoms with Crippen LogP contribution in [0.4, 0.5) is 5.82 Å². The fraction of sp³-hybridized carbons (Fsp3) is 0.500. The van der Waals surface area contributed by atoms with Gasteiger partial charge in [-0.1, -0.05) is 19.4 Å². The fourth-order valence-electron chi connectivity index (χ4n) is 2.82. The van der Waals surface area contributed by atoms with Crippen molar-refractivity contribution in [2.75, 3.05) is 31.2 Å². The Hall–Kier alpha value is -1.88. The molecule has 21 heavy (non-hydrogen) atoms. The Bertz CT molecular complexity index is 702. The van der Waals surface area contributed by atoms with Crippen molar-refractivity contribution in [3.63, 3.8) is 0 Å². The van der Waals surface area contributed by atoms with Crippen LogP contribution in [0.2, 0.25) is 0 Å². The highest BCUT2D eigenvalue weighted by Gasteiger charge is 2.15. The van der Waals surface area contributed by atoms with Crippen LogP contribution in [0.3, 0.4) is 0 Å². The molecule has 5 nitrogen and oxygen atoms in total. The Kier molecular flexibility index (Phi) is 3.92. The maximum Gasteiger partial charge on any atom is 0.259 e. The summed E-state index contributed by atoms with van der Waals surface area (Å²) in [6, 6.07) is 3.77. The van der Waals surface area contributed by atoms with E-state index in [0.29, 0.717) is 13.2 Å². The highest BCUT2D eigenvalue weighted by Crippen LogP contribution is 2.17. The number of anilines is 1. The molecule has 2 aromatic heterocycles. The lowest BCUT2D eigenvalue weighted by molar-refractivity contribution is 0.122. The summed E-state index contributed by atoms with van der Waals surface area (Å²) in [5.74, 6) is 0.768. The molecule has 0 atom stereocenters. The van der Waals surface area contributed by atoms with Crippen LogP contribution in [0.25, 0.3) is 5.65 Å². The van der Waals surface area contributed by atoms with Gasteiger partial charge in [0.15, 0.2) is 0 Å². The maximum atomic E-state index is 12.4. The summed E-state index contributed by atoms with van der Waals surface area (Å²) >= 11 is 0. The summed E-state index contributed by atoms with van der Waals surface area (Å²) in [4.78, 5) is 19.3. The molecule has 3 heterocycles. The summed E-state index contributed by atoms with van der Waals surface area (Å²) in [7, 11) is 0. The van der Waals surface area contributed by atoms with Crippen LogP contribution in [0.5, 0.6) is 0 Å². The third-order valence-corrected chi connectivity index (χ3v) is 3.81. The molecule has 0 saturated carbocycles. The summed E-state index contributed by atoms with van der Waals surface area (Å²) in [6.45, 7) is 7.12. The van der Waals surface area contributed by atoms with Crippen LogP contribution in [-0.2, 0) is 11.2 Å². The Balaban J connectivity index is 2.14. The van der Waals surface area contributed by atoms with Crippen molar-refractivity contribution in [3.05, 3.63) is 39.8 Å². The van der Waals surface area contributed by atoms with Crippen LogP contribution in [0.15, 0.2) is 23.1 Å². The van der Waals surface area contributed by atoms with E-state index in [-0.39, 0.29) is 5.56 Å². The average Bonchev–Trinajstić information content (AvgIpc) is 2.49. The predicted octanol–water partition coefficient (Wildman–Crippen LogP) is 1.79. The van der Waals surface area contributed by atoms with Crippen molar-refractivity contribution in [2.24, 2.45) is 0 Å². The molecule has 0 radical (unpaired) electrons. The van der Waals surface area contributed by atoms with Crippen molar-refractivity contribution in [3.8, 4) is 0 Å². The number of aryl methyl sites for hydroxylation is 2. The molecular formula is C16H21N3O2. The monoisotopic (exact) mass is 287 g/mol. The van der Waals surface area contributed by atoms with Gasteiger partial charge in [-0.25, -0.2) is 4.98 Å². The Morgan fingerprint density at radius 2 is 2.05 bits per heavy atom. The minimum atomic E-state index is -0.0115. The Morgan fingerprint density at radius 3 is 2.76 bits per heavy atom. The smallest absolute Gasteiger partial charge is 0.259 e. The summed E-state index contributed by atoms with van der Waals surface area (Å²) in [5.41, 5.74) is 3.01. The van der Waals surface area contributed by atoms with Crippen molar-refractivity contribution < 1.29 is 4.74 Å². The van der Waals surface area contributed by atoms with Gasteiger partial charge in [-0.2, -0.15) is 0 Å². The van der Waals surface area contributed by atoms with E-state index in [0.717, 1.165) is 48.5 Å². The van der Waals surface area contributed by atoms with Crippen molar-refractivity contribution in [2.45, 2.75) is 26.7 Å². The quantitative estimate of drug-likeness (QED) is 0.863. The van der Waals surface area contributed by atoms with Gasteiger partial charge in [-0.3, -0.25) is 9.20 Å². The third-order valence-electron chi connectivity index (χ3n) is 3.81. The van der Waals surface area contributed by atoms with E-state index < -0.39 is 0 Å². The van der Waals surface area contributed by atoms with Gasteiger partial charge in [0.25, 0.3) is 5.56 Å². The van der Waals surface area contributed by atoms with Gasteiger partial charge < -0.3 is 9.64 Å². The van der Waals surface area contributed by atoms with Crippen molar-refractivity contribution in [1.29, 1.82) is 0 Å². The standard InChI is InChI=1S/C16H21N3O2/c1-3-4-13-9-12(2)11-19-15(20)10-14(17-16(13)19)18-5-7-21-8-6-18/h9-11H,3-8H2,1-2H3. The van der Waals surface area contributed by atoms with Gasteiger partial charge in [0, 0.05) is 25.4 Å². The summed E-state index contributed by atoms with van der Waals surface area (Å²) in [6.07, 6.45) is 3.84. The van der Waals surface area contributed by atoms with E-state index in [9.17, 15) is 4.79 Å². The van der Waals surface area contributed by atoms with E-state index in [1.807, 2.05) is 13.1 Å². The lowest BCUT2D eigenvalue weighted by Crippen LogP contribution is -2.37. The van der Waals surface area contributed by atoms with E-state index in [1.165, 1.54) is 0 Å². The van der Waals surface area contributed by atoms with Crippen molar-refractivity contribution >= 4 is 11.5 Å². The van der Waals surface area contributed by atoms with Gasteiger partial charge in [-0.05, 0) is 24.5 Å². The maximum absolute atomic E-state index is 12.4. The molecule has 1 aliphatic heterocycles. The van der Waals surface area contributed by atoms with Gasteiger partial charge >= 0.3 is 0 Å². The van der Waals surface area contributed by atoms with Gasteiger partial charge in [0.05, 0.1) is 13.2 Å². The second kappa shape index (κ2) is 5.85. The minimum absolute atomic E-state index is 0.0115. The number of nitrogens with zero attached hydrogens (tertiary/aromatic N) is 3. The number of ether oxygens (including phenoxy) is 1. The number of pyridine rings is 1. The molecular weight excluding hydrogens is 266 g/mol. The topological polar surface area (TPSA) is 46.8 Å². The molecule has 1 aliphatic rings. The lowest BCUT2D eigenvalue weighted by Gasteiger charge is -2.27. The van der Waals surface area contributed by atoms with Gasteiger partial charge in [0.2, 0.25) is 0 Å². The molecule has 0 spiro atoms. The highest BCUT2D eigenvalue weighted by atomic mass is 16.5. The SMILES string of the molecule is CCCc1cc(C)cn2c(=O)cc(N3CCOCC3)nc12. The van der Waals surface area contributed by atoms with E-state index in [2.05, 4.69) is 17.9 Å².